The number of hydrogen-bond acceptors (Lipinski definition) is 2. The second kappa shape index (κ2) is 5.98. The van der Waals surface area contributed by atoms with Gasteiger partial charge in [-0.25, -0.2) is 4.98 Å². The van der Waals surface area contributed by atoms with Gasteiger partial charge < -0.3 is 9.72 Å². The van der Waals surface area contributed by atoms with Crippen LogP contribution in [-0.4, -0.2) is 23.2 Å². The molecule has 4 rings (SSSR count). The number of nitrogens with zero attached hydrogens (tertiary/aromatic N) is 1. The van der Waals surface area contributed by atoms with Gasteiger partial charge in [-0.15, -0.1) is 0 Å². The number of aromatic amines is 1. The summed E-state index contributed by atoms with van der Waals surface area (Å²) in [6.07, 6.45) is -7.32. The van der Waals surface area contributed by atoms with Crippen LogP contribution in [0.1, 0.15) is 23.4 Å². The van der Waals surface area contributed by atoms with Gasteiger partial charge in [-0.1, -0.05) is 18.2 Å². The molecule has 9 heteroatoms. The number of pyridine rings is 1. The molecule has 0 radical (unpaired) electrons. The Bertz CT molecular complexity index is 1060. The molecule has 1 aromatic carbocycles. The molecule has 27 heavy (non-hydrogen) atoms. The summed E-state index contributed by atoms with van der Waals surface area (Å²) in [5.41, 5.74) is -1.82. The first kappa shape index (κ1) is 17.8. The smallest absolute Gasteiger partial charge is 0.376 e. The molecule has 142 valence electrons. The molecule has 3 aromatic rings. The number of fused-ring (bicyclic) bond motifs is 3. The third kappa shape index (κ3) is 3.16. The third-order valence-corrected chi connectivity index (χ3v) is 4.42. The van der Waals surface area contributed by atoms with Gasteiger partial charge in [-0.2, -0.15) is 26.3 Å². The van der Waals surface area contributed by atoms with Gasteiger partial charge in [0.25, 0.3) is 0 Å². The summed E-state index contributed by atoms with van der Waals surface area (Å²) in [5, 5.41) is 0.0918. The molecule has 0 bridgehead atoms. The molecule has 1 aliphatic heterocycles. The average Bonchev–Trinajstić information content (AvgIpc) is 3.04. The maximum atomic E-state index is 13.4. The van der Waals surface area contributed by atoms with E-state index in [0.29, 0.717) is 30.7 Å². The molecule has 0 unspecified atom stereocenters. The predicted octanol–water partition coefficient (Wildman–Crippen LogP) is 5.56. The summed E-state index contributed by atoms with van der Waals surface area (Å²) < 4.78 is 84.8. The summed E-state index contributed by atoms with van der Waals surface area (Å²) in [6, 6.07) is 4.31. The minimum Gasteiger partial charge on any atom is -0.376 e. The summed E-state index contributed by atoms with van der Waals surface area (Å²) in [5.74, 6) is 0. The van der Waals surface area contributed by atoms with Gasteiger partial charge in [0.15, 0.2) is 0 Å². The lowest BCUT2D eigenvalue weighted by molar-refractivity contribution is -0.144. The molecule has 1 aliphatic rings. The quantitative estimate of drug-likeness (QED) is 0.557. The average molecular weight is 386 g/mol. The van der Waals surface area contributed by atoms with Crippen molar-refractivity contribution in [2.45, 2.75) is 18.8 Å². The minimum atomic E-state index is -4.95. The van der Waals surface area contributed by atoms with Crippen molar-refractivity contribution < 1.29 is 31.1 Å². The number of ether oxygens (including phenoxy) is 1. The summed E-state index contributed by atoms with van der Waals surface area (Å²) in [7, 11) is 0. The second-order valence-electron chi connectivity index (χ2n) is 6.23. The molecule has 0 atom stereocenters. The first-order valence-electron chi connectivity index (χ1n) is 8.02. The Morgan fingerprint density at radius 1 is 1.00 bits per heavy atom. The van der Waals surface area contributed by atoms with E-state index in [2.05, 4.69) is 9.97 Å². The maximum Gasteiger partial charge on any atom is 0.431 e. The lowest BCUT2D eigenvalue weighted by atomic mass is 10.0. The van der Waals surface area contributed by atoms with E-state index < -0.39 is 23.6 Å². The van der Waals surface area contributed by atoms with Crippen LogP contribution in [0.4, 0.5) is 26.3 Å². The van der Waals surface area contributed by atoms with E-state index in [1.165, 1.54) is 6.07 Å². The molecule has 3 nitrogen and oxygen atoms in total. The van der Waals surface area contributed by atoms with Gasteiger partial charge in [-0.05, 0) is 24.1 Å². The molecule has 1 N–H and O–H groups in total. The Morgan fingerprint density at radius 2 is 1.78 bits per heavy atom. The third-order valence-electron chi connectivity index (χ3n) is 4.42. The Labute approximate surface area is 148 Å². The fourth-order valence-corrected chi connectivity index (χ4v) is 3.18. The van der Waals surface area contributed by atoms with E-state index in [4.69, 9.17) is 4.74 Å². The van der Waals surface area contributed by atoms with Crippen LogP contribution in [0.15, 0.2) is 30.3 Å². The van der Waals surface area contributed by atoms with Gasteiger partial charge in [0.2, 0.25) is 0 Å². The fraction of sp³-hybridized carbons (Fsp3) is 0.278. The van der Waals surface area contributed by atoms with Gasteiger partial charge in [0.05, 0.1) is 35.5 Å². The Kier molecular flexibility index (Phi) is 3.95. The van der Waals surface area contributed by atoms with Crippen molar-refractivity contribution >= 4 is 27.4 Å². The van der Waals surface area contributed by atoms with Gasteiger partial charge in [0.1, 0.15) is 5.69 Å². The van der Waals surface area contributed by atoms with Crippen LogP contribution in [0.25, 0.3) is 27.4 Å². The van der Waals surface area contributed by atoms with Crippen molar-refractivity contribution in [3.63, 3.8) is 0 Å². The summed E-state index contributed by atoms with van der Waals surface area (Å²) in [6.45, 7) is 0.858. The number of nitrogens with one attached hydrogen (secondary N) is 1. The van der Waals surface area contributed by atoms with Crippen LogP contribution in [0.2, 0.25) is 0 Å². The fourth-order valence-electron chi connectivity index (χ4n) is 3.18. The normalized spacial score (nSPS) is 16.1. The van der Waals surface area contributed by atoms with E-state index in [9.17, 15) is 26.3 Å². The minimum absolute atomic E-state index is 0.0607. The lowest BCUT2D eigenvalue weighted by Crippen LogP contribution is -2.13. The Hall–Kier alpha value is -2.55. The Balaban J connectivity index is 2.02. The molecule has 0 aliphatic carbocycles. The van der Waals surface area contributed by atoms with Gasteiger partial charge in [0, 0.05) is 10.8 Å². The van der Waals surface area contributed by atoms with Crippen LogP contribution in [-0.2, 0) is 17.1 Å². The zero-order chi connectivity index (χ0) is 19.4. The molecule has 2 aromatic heterocycles. The first-order valence-corrected chi connectivity index (χ1v) is 8.02. The van der Waals surface area contributed by atoms with Crippen molar-refractivity contribution in [2.24, 2.45) is 0 Å². The highest BCUT2D eigenvalue weighted by Crippen LogP contribution is 2.40. The summed E-state index contributed by atoms with van der Waals surface area (Å²) >= 11 is 0. The lowest BCUT2D eigenvalue weighted by Gasteiger charge is -2.15. The highest BCUT2D eigenvalue weighted by molar-refractivity contribution is 6.05. The number of rotatable bonds is 1. The van der Waals surface area contributed by atoms with Crippen LogP contribution in [0, 0.1) is 0 Å². The van der Waals surface area contributed by atoms with E-state index in [1.54, 1.807) is 6.07 Å². The SMILES string of the molecule is FC(F)(F)c1cc(C(F)(F)F)c2ccc3cc(C4=CCCOC4)nc3c2[nH]1. The monoisotopic (exact) mass is 386 g/mol. The number of hydrogen-bond donors (Lipinski definition) is 1. The van der Waals surface area contributed by atoms with E-state index in [1.807, 2.05) is 6.08 Å². The highest BCUT2D eigenvalue weighted by Gasteiger charge is 2.39. The number of H-pyrrole nitrogens is 1. The molecular formula is C18H12F6N2O. The molecule has 0 saturated heterocycles. The van der Waals surface area contributed by atoms with Crippen LogP contribution in [0.5, 0.6) is 0 Å². The van der Waals surface area contributed by atoms with Crippen LogP contribution < -0.4 is 0 Å². The summed E-state index contributed by atoms with van der Waals surface area (Å²) in [4.78, 5) is 6.40. The zero-order valence-electron chi connectivity index (χ0n) is 13.6. The van der Waals surface area contributed by atoms with Crippen molar-refractivity contribution in [2.75, 3.05) is 13.2 Å². The molecule has 0 spiro atoms. The number of benzene rings is 1. The van der Waals surface area contributed by atoms with E-state index >= 15 is 0 Å². The zero-order valence-corrected chi connectivity index (χ0v) is 13.6. The number of aromatic nitrogens is 2. The van der Waals surface area contributed by atoms with Crippen molar-refractivity contribution in [1.82, 2.24) is 9.97 Å². The van der Waals surface area contributed by atoms with Gasteiger partial charge >= 0.3 is 12.4 Å². The van der Waals surface area contributed by atoms with E-state index in [0.717, 1.165) is 11.6 Å². The molecule has 0 saturated carbocycles. The molecule has 3 heterocycles. The van der Waals surface area contributed by atoms with Crippen molar-refractivity contribution in [1.29, 1.82) is 0 Å². The number of alkyl halides is 6. The van der Waals surface area contributed by atoms with E-state index in [-0.39, 0.29) is 22.5 Å². The molecular weight excluding hydrogens is 374 g/mol. The maximum absolute atomic E-state index is 13.4. The second-order valence-corrected chi connectivity index (χ2v) is 6.23. The van der Waals surface area contributed by atoms with Crippen molar-refractivity contribution in [3.05, 3.63) is 47.3 Å². The highest BCUT2D eigenvalue weighted by atomic mass is 19.4. The van der Waals surface area contributed by atoms with Gasteiger partial charge in [-0.3, -0.25) is 0 Å². The topological polar surface area (TPSA) is 37.9 Å². The molecule has 0 amide bonds. The first-order chi connectivity index (χ1) is 12.6. The van der Waals surface area contributed by atoms with Crippen molar-refractivity contribution in [3.8, 4) is 0 Å². The van der Waals surface area contributed by atoms with Crippen LogP contribution in [0.3, 0.4) is 0 Å². The standard InChI is InChI=1S/C18H12F6N2O/c19-17(20,21)12-7-14(18(22,23)24)26-16-11(12)4-3-9-6-13(25-15(9)16)10-2-1-5-27-8-10/h2-4,6-7,26H,1,5,8H2. The Morgan fingerprint density at radius 3 is 2.41 bits per heavy atom. The predicted molar refractivity (Wildman–Crippen MR) is 87.0 cm³/mol. The number of halogens is 6. The largest absolute Gasteiger partial charge is 0.431 e. The molecule has 0 fully saturated rings. The van der Waals surface area contributed by atoms with Crippen LogP contribution >= 0.6 is 0 Å².